The highest BCUT2D eigenvalue weighted by molar-refractivity contribution is 5.89. The van der Waals surface area contributed by atoms with Gasteiger partial charge in [0.25, 0.3) is 0 Å². The Bertz CT molecular complexity index is 926. The summed E-state index contributed by atoms with van der Waals surface area (Å²) < 4.78 is 22.4. The number of fused-ring (bicyclic) bond motifs is 3. The second-order valence-electron chi connectivity index (χ2n) is 6.73. The molecule has 0 radical (unpaired) electrons. The lowest BCUT2D eigenvalue weighted by atomic mass is 9.51. The number of nitrogens with zero attached hydrogens (tertiary/aromatic N) is 3. The first kappa shape index (κ1) is 18.5. The normalized spacial score (nSPS) is 33.1. The molecule has 3 fully saturated rings. The molecule has 3 aliphatic heterocycles. The van der Waals surface area contributed by atoms with E-state index >= 15 is 0 Å². The zero-order valence-electron chi connectivity index (χ0n) is 15.4. The number of nitrogens with one attached hydrogen (secondary N) is 1. The number of rotatable bonds is 3. The van der Waals surface area contributed by atoms with Crippen LogP contribution < -0.4 is 9.47 Å². The number of benzene rings is 1. The van der Waals surface area contributed by atoms with Crippen LogP contribution in [0.1, 0.15) is 25.5 Å². The van der Waals surface area contributed by atoms with Gasteiger partial charge in [0.1, 0.15) is 17.6 Å². The summed E-state index contributed by atoms with van der Waals surface area (Å²) >= 11 is 0. The summed E-state index contributed by atoms with van der Waals surface area (Å²) in [7, 11) is 2.95. The van der Waals surface area contributed by atoms with E-state index in [2.05, 4.69) is 0 Å². The first-order chi connectivity index (χ1) is 12.8. The summed E-state index contributed by atoms with van der Waals surface area (Å²) in [5.41, 5.74) is -3.41. The first-order valence-electron chi connectivity index (χ1n) is 8.21. The van der Waals surface area contributed by atoms with Crippen LogP contribution in [0.3, 0.4) is 0 Å². The van der Waals surface area contributed by atoms with Crippen LogP contribution in [0, 0.1) is 56.2 Å². The van der Waals surface area contributed by atoms with Gasteiger partial charge in [-0.2, -0.15) is 15.8 Å². The molecule has 0 aromatic heterocycles. The van der Waals surface area contributed by atoms with Gasteiger partial charge in [0.15, 0.2) is 10.8 Å². The van der Waals surface area contributed by atoms with Crippen molar-refractivity contribution in [1.29, 1.82) is 21.2 Å². The van der Waals surface area contributed by atoms with Crippen LogP contribution in [0.5, 0.6) is 11.5 Å². The predicted octanol–water partition coefficient (Wildman–Crippen LogP) is 2.68. The molecule has 0 aliphatic carbocycles. The summed E-state index contributed by atoms with van der Waals surface area (Å²) in [5.74, 6) is -1.80. The summed E-state index contributed by atoms with van der Waals surface area (Å²) in [6.45, 7) is 3.18. The minimum absolute atomic E-state index is 0.386. The van der Waals surface area contributed by atoms with Gasteiger partial charge < -0.3 is 18.9 Å². The van der Waals surface area contributed by atoms with E-state index in [-0.39, 0.29) is 0 Å². The van der Waals surface area contributed by atoms with Crippen molar-refractivity contribution in [2.24, 2.45) is 16.7 Å². The smallest absolute Gasteiger partial charge is 0.215 e. The molecule has 4 rings (SSSR count). The topological polar surface area (TPSA) is 132 Å². The van der Waals surface area contributed by atoms with Gasteiger partial charge in [-0.1, -0.05) is 6.92 Å². The van der Waals surface area contributed by atoms with E-state index in [0.717, 1.165) is 0 Å². The Labute approximate surface area is 156 Å². The Morgan fingerprint density at radius 3 is 2.30 bits per heavy atom. The minimum Gasteiger partial charge on any atom is -0.497 e. The summed E-state index contributed by atoms with van der Waals surface area (Å²) in [6.07, 6.45) is -1.13. The molecule has 27 heavy (non-hydrogen) atoms. The van der Waals surface area contributed by atoms with Crippen molar-refractivity contribution in [2.75, 3.05) is 14.2 Å². The van der Waals surface area contributed by atoms with Gasteiger partial charge in [-0.25, -0.2) is 0 Å². The summed E-state index contributed by atoms with van der Waals surface area (Å²) in [5, 5.41) is 38.5. The Kier molecular flexibility index (Phi) is 4.03. The molecule has 0 saturated carbocycles. The second kappa shape index (κ2) is 5.87. The van der Waals surface area contributed by atoms with Crippen LogP contribution in [0.4, 0.5) is 0 Å². The number of methoxy groups -OCH3 is 2. The number of nitriles is 3. The quantitative estimate of drug-likeness (QED) is 0.869. The third-order valence-electron chi connectivity index (χ3n) is 5.71. The molecule has 1 N–H and O–H groups in total. The van der Waals surface area contributed by atoms with E-state index in [9.17, 15) is 15.8 Å². The number of hydrogen-bond donors (Lipinski definition) is 1. The standard InChI is InChI=1S/C19H18N4O4/c1-11-17(2)26-15(13-7-12(24-3)5-6-14(13)25-4)19(10-22,16(23)27-17)18(11,8-20)9-21/h5-7,11,15,23H,1-4H3/t11-,15-,17+,19+/m1/s1. The van der Waals surface area contributed by atoms with Crippen molar-refractivity contribution in [2.45, 2.75) is 25.7 Å². The highest BCUT2D eigenvalue weighted by Gasteiger charge is 2.78. The maximum Gasteiger partial charge on any atom is 0.215 e. The molecular formula is C19H18N4O4. The zero-order chi connectivity index (χ0) is 20.0. The molecular weight excluding hydrogens is 348 g/mol. The van der Waals surface area contributed by atoms with Gasteiger partial charge >= 0.3 is 0 Å². The predicted molar refractivity (Wildman–Crippen MR) is 91.5 cm³/mol. The molecule has 3 heterocycles. The van der Waals surface area contributed by atoms with Crippen molar-refractivity contribution in [1.82, 2.24) is 0 Å². The van der Waals surface area contributed by atoms with Crippen LogP contribution >= 0.6 is 0 Å². The molecule has 3 saturated heterocycles. The van der Waals surface area contributed by atoms with Crippen molar-refractivity contribution in [3.05, 3.63) is 23.8 Å². The molecule has 8 nitrogen and oxygen atoms in total. The van der Waals surface area contributed by atoms with Crippen LogP contribution in [0.15, 0.2) is 18.2 Å². The first-order valence-corrected chi connectivity index (χ1v) is 8.21. The highest BCUT2D eigenvalue weighted by atomic mass is 16.7. The van der Waals surface area contributed by atoms with E-state index in [1.807, 2.05) is 18.2 Å². The Hall–Kier alpha value is -3.28. The lowest BCUT2D eigenvalue weighted by Crippen LogP contribution is -2.71. The molecule has 0 spiro atoms. The lowest BCUT2D eigenvalue weighted by Gasteiger charge is -2.60. The Morgan fingerprint density at radius 2 is 1.78 bits per heavy atom. The summed E-state index contributed by atoms with van der Waals surface area (Å²) in [6, 6.07) is 11.0. The van der Waals surface area contributed by atoms with Crippen molar-refractivity contribution in [3.8, 4) is 29.7 Å². The molecule has 4 atom stereocenters. The van der Waals surface area contributed by atoms with Crippen molar-refractivity contribution in [3.63, 3.8) is 0 Å². The average Bonchev–Trinajstić information content (AvgIpc) is 2.68. The molecule has 1 aromatic carbocycles. The monoisotopic (exact) mass is 366 g/mol. The molecule has 2 bridgehead atoms. The number of hydrogen-bond acceptors (Lipinski definition) is 8. The average molecular weight is 366 g/mol. The largest absolute Gasteiger partial charge is 0.497 e. The maximum absolute atomic E-state index is 10.1. The van der Waals surface area contributed by atoms with E-state index in [1.165, 1.54) is 14.2 Å². The van der Waals surface area contributed by atoms with Crippen LogP contribution in [0.25, 0.3) is 0 Å². The van der Waals surface area contributed by atoms with Crippen LogP contribution in [-0.4, -0.2) is 25.9 Å². The highest BCUT2D eigenvalue weighted by Crippen LogP contribution is 2.66. The maximum atomic E-state index is 10.1. The Balaban J connectivity index is 2.37. The van der Waals surface area contributed by atoms with Crippen molar-refractivity contribution >= 4 is 5.90 Å². The van der Waals surface area contributed by atoms with E-state index < -0.39 is 34.5 Å². The van der Waals surface area contributed by atoms with Crippen LogP contribution in [0.2, 0.25) is 0 Å². The molecule has 1 aromatic rings. The molecule has 0 unspecified atom stereocenters. The molecule has 0 amide bonds. The molecule has 3 aliphatic rings. The van der Waals surface area contributed by atoms with Gasteiger partial charge in [-0.3, -0.25) is 5.41 Å². The van der Waals surface area contributed by atoms with E-state index in [4.69, 9.17) is 24.4 Å². The van der Waals surface area contributed by atoms with Gasteiger partial charge in [0.05, 0.1) is 38.3 Å². The Morgan fingerprint density at radius 1 is 1.11 bits per heavy atom. The van der Waals surface area contributed by atoms with E-state index in [1.54, 1.807) is 32.0 Å². The van der Waals surface area contributed by atoms with Crippen LogP contribution in [-0.2, 0) is 9.47 Å². The second-order valence-corrected chi connectivity index (χ2v) is 6.73. The molecule has 8 heteroatoms. The van der Waals surface area contributed by atoms with E-state index in [0.29, 0.717) is 17.1 Å². The fraction of sp³-hybridized carbons (Fsp3) is 0.474. The van der Waals surface area contributed by atoms with Gasteiger partial charge in [-0.05, 0) is 18.2 Å². The van der Waals surface area contributed by atoms with Gasteiger partial charge in [0.2, 0.25) is 11.7 Å². The zero-order valence-corrected chi connectivity index (χ0v) is 15.4. The number of ether oxygens (including phenoxy) is 4. The fourth-order valence-corrected chi connectivity index (χ4v) is 3.99. The lowest BCUT2D eigenvalue weighted by molar-refractivity contribution is -0.338. The molecule has 138 valence electrons. The summed E-state index contributed by atoms with van der Waals surface area (Å²) in [4.78, 5) is 0. The fourth-order valence-electron chi connectivity index (χ4n) is 3.99. The third-order valence-corrected chi connectivity index (χ3v) is 5.71. The van der Waals surface area contributed by atoms with Gasteiger partial charge in [0, 0.05) is 12.5 Å². The van der Waals surface area contributed by atoms with Gasteiger partial charge in [-0.15, -0.1) is 0 Å². The van der Waals surface area contributed by atoms with Crippen molar-refractivity contribution < 1.29 is 18.9 Å². The minimum atomic E-state index is -1.96. The SMILES string of the molecule is COc1ccc(OC)c([C@H]2O[C@@]3(C)OC(=N)[C@@]2(C#N)C(C#N)(C#N)[C@@H]3C)c1. The third kappa shape index (κ3) is 2.01.